The highest BCUT2D eigenvalue weighted by Gasteiger charge is 2.33. The number of methoxy groups -OCH3 is 2. The summed E-state index contributed by atoms with van der Waals surface area (Å²) in [5.41, 5.74) is 0.891. The second kappa shape index (κ2) is 10.3. The number of nitrogens with zero attached hydrogens (tertiary/aromatic N) is 3. The number of phenols is 1. The summed E-state index contributed by atoms with van der Waals surface area (Å²) in [7, 11) is 3.09. The van der Waals surface area contributed by atoms with E-state index in [1.165, 1.54) is 45.2 Å². The molecule has 4 rings (SSSR count). The third-order valence-corrected chi connectivity index (χ3v) is 6.11. The number of hydrogen-bond donors (Lipinski definition) is 2. The maximum atomic E-state index is 10.2. The predicted molar refractivity (Wildman–Crippen MR) is 113 cm³/mol. The van der Waals surface area contributed by atoms with Crippen molar-refractivity contribution >= 4 is 6.47 Å². The van der Waals surface area contributed by atoms with Crippen molar-refractivity contribution in [3.8, 4) is 28.6 Å². The number of piperidine rings is 2. The largest absolute Gasteiger partial charge is 0.502 e. The zero-order valence-corrected chi connectivity index (χ0v) is 17.7. The van der Waals surface area contributed by atoms with Crippen LogP contribution < -0.4 is 9.47 Å². The van der Waals surface area contributed by atoms with E-state index in [4.69, 9.17) is 19.4 Å². The molecule has 2 aromatic rings. The maximum absolute atomic E-state index is 10.2. The van der Waals surface area contributed by atoms with Crippen molar-refractivity contribution in [3.05, 3.63) is 24.5 Å². The van der Waals surface area contributed by atoms with Crippen LogP contribution in [0.5, 0.6) is 17.2 Å². The third kappa shape index (κ3) is 4.70. The van der Waals surface area contributed by atoms with E-state index < -0.39 is 0 Å². The van der Waals surface area contributed by atoms with Gasteiger partial charge in [0.1, 0.15) is 5.82 Å². The van der Waals surface area contributed by atoms with Crippen LogP contribution >= 0.6 is 0 Å². The molecular weight excluding hydrogens is 386 g/mol. The van der Waals surface area contributed by atoms with Gasteiger partial charge in [-0.25, -0.2) is 4.98 Å². The monoisotopic (exact) mass is 417 g/mol. The highest BCUT2D eigenvalue weighted by molar-refractivity contribution is 5.66. The molecule has 164 valence electrons. The summed E-state index contributed by atoms with van der Waals surface area (Å²) in [6, 6.07) is 4.35. The number of aromatic nitrogens is 2. The summed E-state index contributed by atoms with van der Waals surface area (Å²) in [5.74, 6) is 2.37. The van der Waals surface area contributed by atoms with Gasteiger partial charge >= 0.3 is 0 Å². The highest BCUT2D eigenvalue weighted by Crippen LogP contribution is 2.40. The Morgan fingerprint density at radius 1 is 1.13 bits per heavy atom. The van der Waals surface area contributed by atoms with Crippen LogP contribution in [0.1, 0.15) is 32.1 Å². The molecule has 0 saturated carbocycles. The molecule has 2 fully saturated rings. The minimum absolute atomic E-state index is 0.0204. The Balaban J connectivity index is 0.000000806. The van der Waals surface area contributed by atoms with Gasteiger partial charge in [0, 0.05) is 30.5 Å². The molecule has 0 radical (unpaired) electrons. The van der Waals surface area contributed by atoms with Crippen molar-refractivity contribution in [1.29, 1.82) is 0 Å². The average molecular weight is 418 g/mol. The first kappa shape index (κ1) is 22.0. The van der Waals surface area contributed by atoms with Gasteiger partial charge in [0.2, 0.25) is 5.75 Å². The zero-order valence-electron chi connectivity index (χ0n) is 17.7. The zero-order chi connectivity index (χ0) is 21.5. The number of carbonyl (C=O) groups is 1. The van der Waals surface area contributed by atoms with Crippen LogP contribution in [0, 0.1) is 5.92 Å². The molecule has 2 saturated heterocycles. The molecular formula is C22H31N3O5. The minimum Gasteiger partial charge on any atom is -0.502 e. The van der Waals surface area contributed by atoms with Gasteiger partial charge < -0.3 is 29.2 Å². The lowest BCUT2D eigenvalue weighted by Gasteiger charge is -2.44. The van der Waals surface area contributed by atoms with Gasteiger partial charge in [0.05, 0.1) is 14.2 Å². The van der Waals surface area contributed by atoms with Gasteiger partial charge in [0.25, 0.3) is 6.47 Å². The van der Waals surface area contributed by atoms with Crippen LogP contribution in [-0.2, 0) is 11.3 Å². The quantitative estimate of drug-likeness (QED) is 0.721. The molecule has 0 spiro atoms. The molecule has 30 heavy (non-hydrogen) atoms. The van der Waals surface area contributed by atoms with Crippen molar-refractivity contribution in [2.45, 2.75) is 44.7 Å². The van der Waals surface area contributed by atoms with Gasteiger partial charge in [0.15, 0.2) is 11.5 Å². The molecule has 2 aliphatic rings. The normalized spacial score (nSPS) is 21.1. The fraction of sp³-hybridized carbons (Fsp3) is 0.545. The van der Waals surface area contributed by atoms with Crippen LogP contribution in [0.15, 0.2) is 24.5 Å². The van der Waals surface area contributed by atoms with Crippen LogP contribution in [0.4, 0.5) is 0 Å². The summed E-state index contributed by atoms with van der Waals surface area (Å²) < 4.78 is 12.9. The molecule has 2 atom stereocenters. The first-order valence-corrected chi connectivity index (χ1v) is 10.4. The number of imidazole rings is 1. The smallest absolute Gasteiger partial charge is 0.290 e. The van der Waals surface area contributed by atoms with E-state index in [-0.39, 0.29) is 12.2 Å². The van der Waals surface area contributed by atoms with Crippen molar-refractivity contribution < 1.29 is 24.5 Å². The lowest BCUT2D eigenvalue weighted by Crippen LogP contribution is -2.49. The van der Waals surface area contributed by atoms with E-state index >= 15 is 0 Å². The van der Waals surface area contributed by atoms with E-state index in [2.05, 4.69) is 20.6 Å². The van der Waals surface area contributed by atoms with Gasteiger partial charge in [-0.2, -0.15) is 0 Å². The molecule has 8 heteroatoms. The van der Waals surface area contributed by atoms with Crippen molar-refractivity contribution in [3.63, 3.8) is 0 Å². The summed E-state index contributed by atoms with van der Waals surface area (Å²) in [5, 5.41) is 17.1. The van der Waals surface area contributed by atoms with Crippen LogP contribution in [-0.4, -0.2) is 64.5 Å². The first-order valence-electron chi connectivity index (χ1n) is 10.4. The van der Waals surface area contributed by atoms with E-state index in [1.807, 2.05) is 18.3 Å². The van der Waals surface area contributed by atoms with Gasteiger partial charge in [-0.05, 0) is 56.8 Å². The fourth-order valence-corrected chi connectivity index (χ4v) is 4.78. The van der Waals surface area contributed by atoms with Crippen LogP contribution in [0.2, 0.25) is 0 Å². The molecule has 2 aliphatic heterocycles. The Hall–Kier alpha value is -2.74. The number of ether oxygens (including phenoxy) is 2. The average Bonchev–Trinajstić information content (AvgIpc) is 3.23. The van der Waals surface area contributed by atoms with Gasteiger partial charge in [-0.3, -0.25) is 4.79 Å². The van der Waals surface area contributed by atoms with E-state index in [9.17, 15) is 5.11 Å². The molecule has 3 heterocycles. The second-order valence-electron chi connectivity index (χ2n) is 7.74. The van der Waals surface area contributed by atoms with E-state index in [0.29, 0.717) is 23.5 Å². The van der Waals surface area contributed by atoms with Crippen molar-refractivity contribution in [2.24, 2.45) is 5.92 Å². The van der Waals surface area contributed by atoms with Crippen molar-refractivity contribution in [2.75, 3.05) is 27.3 Å². The van der Waals surface area contributed by atoms with E-state index in [0.717, 1.165) is 17.9 Å². The SMILES string of the molecule is COc1cc(-c2nccn2C[C@@H]2CCCN3CCCC[C@H]23)cc(OC)c1O.O=CO. The lowest BCUT2D eigenvalue weighted by molar-refractivity contribution is -0.122. The molecule has 1 aromatic carbocycles. The molecule has 1 aromatic heterocycles. The predicted octanol–water partition coefficient (Wildman–Crippen LogP) is 3.24. The lowest BCUT2D eigenvalue weighted by atomic mass is 9.83. The van der Waals surface area contributed by atoms with Gasteiger partial charge in [-0.1, -0.05) is 6.42 Å². The van der Waals surface area contributed by atoms with E-state index in [1.54, 1.807) is 14.2 Å². The highest BCUT2D eigenvalue weighted by atomic mass is 16.5. The molecule has 0 unspecified atom stereocenters. The molecule has 8 nitrogen and oxygen atoms in total. The number of carboxylic acid groups (broad SMARTS) is 1. The summed E-state index contributed by atoms with van der Waals surface area (Å²) in [6.07, 6.45) is 10.5. The number of rotatable bonds is 5. The number of phenolic OH excluding ortho intramolecular Hbond substituents is 1. The third-order valence-electron chi connectivity index (χ3n) is 6.11. The Kier molecular flexibility index (Phi) is 7.57. The van der Waals surface area contributed by atoms with Gasteiger partial charge in [-0.15, -0.1) is 0 Å². The Morgan fingerprint density at radius 2 is 1.80 bits per heavy atom. The molecule has 0 amide bonds. The minimum atomic E-state index is -0.250. The van der Waals surface area contributed by atoms with Crippen LogP contribution in [0.25, 0.3) is 11.4 Å². The summed E-state index contributed by atoms with van der Waals surface area (Å²) in [4.78, 5) is 15.6. The number of aromatic hydroxyl groups is 1. The molecule has 2 N–H and O–H groups in total. The van der Waals surface area contributed by atoms with Crippen LogP contribution in [0.3, 0.4) is 0 Å². The number of benzene rings is 1. The summed E-state index contributed by atoms with van der Waals surface area (Å²) in [6.45, 7) is 3.23. The topological polar surface area (TPSA) is 97.0 Å². The van der Waals surface area contributed by atoms with Crippen molar-refractivity contribution in [1.82, 2.24) is 14.5 Å². The summed E-state index contributed by atoms with van der Waals surface area (Å²) >= 11 is 0. The molecule has 0 aliphatic carbocycles. The molecule has 0 bridgehead atoms. The Labute approximate surface area is 177 Å². The number of fused-ring (bicyclic) bond motifs is 1. The standard InChI is InChI=1S/C21H29N3O3.CH2O2/c1-26-18-12-16(13-19(27-2)20(18)25)21-22-8-11-24(21)14-15-6-5-10-23-9-4-3-7-17(15)23;2-1-3/h8,11-13,15,17,25H,3-7,9-10,14H2,1-2H3;1H,(H,2,3)/t15-,17+;/m0./s1. The Morgan fingerprint density at radius 3 is 2.47 bits per heavy atom. The first-order chi connectivity index (χ1) is 14.6. The second-order valence-corrected chi connectivity index (χ2v) is 7.74. The maximum Gasteiger partial charge on any atom is 0.290 e. The fourth-order valence-electron chi connectivity index (χ4n) is 4.78. The Bertz CT molecular complexity index is 811. The number of hydrogen-bond acceptors (Lipinski definition) is 6.